The van der Waals surface area contributed by atoms with E-state index < -0.39 is 0 Å². The number of halogens is 6. The Bertz CT molecular complexity index is 7600. The zero-order valence-corrected chi connectivity index (χ0v) is 88.7. The number of ether oxygens (including phenoxy) is 1. The van der Waals surface area contributed by atoms with Crippen molar-refractivity contribution in [2.45, 2.75) is 113 Å². The molecule has 0 radical (unpaired) electrons. The molecule has 27 heteroatoms. The smallest absolute Gasteiger partial charge is 0.230 e. The van der Waals surface area contributed by atoms with E-state index >= 15 is 0 Å². The monoisotopic (exact) mass is 2090 g/mol. The van der Waals surface area contributed by atoms with Gasteiger partial charge in [0.2, 0.25) is 29.7 Å². The van der Waals surface area contributed by atoms with Crippen LogP contribution in [0, 0.1) is 48.5 Å². The number of rotatable bonds is 31. The van der Waals surface area contributed by atoms with Gasteiger partial charge in [-0.3, -0.25) is 0 Å². The maximum atomic E-state index is 6.14. The highest BCUT2D eigenvalue weighted by Crippen LogP contribution is 2.30. The Labute approximate surface area is 905 Å². The second-order valence-electron chi connectivity index (χ2n) is 36.0. The minimum Gasteiger partial charge on any atom is -0.497 e. The molecule has 0 aliphatic rings. The Morgan fingerprint density at radius 1 is 0.180 bits per heavy atom. The third kappa shape index (κ3) is 34.0. The predicted octanol–water partition coefficient (Wildman–Crippen LogP) is 30.1. The number of aryl methyl sites for hydroxylation is 7. The van der Waals surface area contributed by atoms with Gasteiger partial charge in [0, 0.05) is 123 Å². The standard InChI is InChI=1S/2C26H26N4.C24H20Cl2N4O.C24H20Cl2N4.C23H18Cl2N4/c1-18-9-8-14-23(15-18)27-26-29-24(16-21-12-6-4-10-19(21)2)28-25(30-26)17-22-13-7-5-11-20(22)3;1-18-12-14-23(15-13-18)27-26-29-24(16-21-10-6-4-8-19(21)2)28-25(30-26)17-22-11-7-5-9-20(22)3;1-31-21-10-8-20(9-11-21)27-24-29-22(14-16-4-2-6-18(25)12-16)28-23(30-24)15-17-5-3-7-19(26)13-17;1-16-8-10-21(11-9-16)27-24-29-22(14-17-4-2-6-19(25)12-17)28-23(30-24)15-18-5-3-7-20(26)13-18;24-18-8-4-6-16(12-18)14-21-27-22(15-17-7-5-9-19(25)13-17)29-23(28-21)26-20-10-2-1-3-11-20/h2*4-15H,16-17H2,1-3H3,(H,27,28,29,30);2-13H,14-15H2,1H3,(H,27,28,29,30);2-13H,14-15H2,1H3,(H,27,28,29,30);1-13H,14-15H2,(H,26,27,28,29). The highest BCUT2D eigenvalue weighted by Gasteiger charge is 2.19. The molecule has 20 aromatic rings. The second-order valence-corrected chi connectivity index (χ2v) is 38.7. The highest BCUT2D eigenvalue weighted by molar-refractivity contribution is 6.32. The molecule has 0 bridgehead atoms. The molecule has 20 rings (SSSR count). The van der Waals surface area contributed by atoms with E-state index in [1.807, 2.05) is 249 Å². The third-order valence-electron chi connectivity index (χ3n) is 23.9. The summed E-state index contributed by atoms with van der Waals surface area (Å²) in [5.74, 6) is 10.6. The summed E-state index contributed by atoms with van der Waals surface area (Å²) >= 11 is 36.8. The SMILES string of the molecule is COc1ccc(Nc2nc(Cc3cccc(Cl)c3)nc(Cc3cccc(Cl)c3)n2)cc1.Cc1ccc(Nc2nc(Cc3cccc(Cl)c3)nc(Cc3cccc(Cl)c3)n2)cc1.Cc1ccc(Nc2nc(Cc3ccccc3C)nc(Cc3ccccc3C)n2)cc1.Cc1cccc(Nc2nc(Cc3ccccc3C)nc(Cc3ccccc3C)n2)c1.Clc1cccc(Cc2nc(Cc3cccc(Cl)c3)nc(Nc3ccccc3)n2)c1. The van der Waals surface area contributed by atoms with Gasteiger partial charge in [-0.2, -0.15) is 49.8 Å². The van der Waals surface area contributed by atoms with Crippen LogP contribution in [0.15, 0.2) is 370 Å². The first-order valence-electron chi connectivity index (χ1n) is 49.0. The lowest BCUT2D eigenvalue weighted by molar-refractivity contribution is 0.415. The van der Waals surface area contributed by atoms with Gasteiger partial charge in [0.05, 0.1) is 7.11 Å². The maximum absolute atomic E-state index is 6.14. The van der Waals surface area contributed by atoms with Crippen molar-refractivity contribution in [2.75, 3.05) is 33.7 Å². The van der Waals surface area contributed by atoms with E-state index in [2.05, 4.69) is 236 Å². The molecule has 0 atom stereocenters. The van der Waals surface area contributed by atoms with E-state index in [0.29, 0.717) is 159 Å². The van der Waals surface area contributed by atoms with E-state index in [9.17, 15) is 0 Å². The molecular formula is C123H110Cl6N20O. The molecular weight excluding hydrogens is 1990 g/mol. The van der Waals surface area contributed by atoms with Crippen molar-refractivity contribution in [2.24, 2.45) is 0 Å². The van der Waals surface area contributed by atoms with Gasteiger partial charge in [-0.05, 0) is 278 Å². The fraction of sp³-hybridized carbons (Fsp3) is 0.146. The van der Waals surface area contributed by atoms with E-state index in [-0.39, 0.29) is 0 Å². The van der Waals surface area contributed by atoms with Gasteiger partial charge >= 0.3 is 0 Å². The molecule has 0 fully saturated rings. The van der Waals surface area contributed by atoms with Crippen molar-refractivity contribution in [3.63, 3.8) is 0 Å². The summed E-state index contributed by atoms with van der Waals surface area (Å²) in [6.45, 7) is 14.7. The summed E-state index contributed by atoms with van der Waals surface area (Å²) in [6, 6.07) is 122. The van der Waals surface area contributed by atoms with Crippen LogP contribution in [0.5, 0.6) is 5.75 Å². The van der Waals surface area contributed by atoms with E-state index in [0.717, 1.165) is 90.9 Å². The van der Waals surface area contributed by atoms with Crippen LogP contribution in [0.25, 0.3) is 0 Å². The molecule has 0 aliphatic carbocycles. The second kappa shape index (κ2) is 53.5. The number of hydrogen-bond donors (Lipinski definition) is 5. The number of anilines is 10. The van der Waals surface area contributed by atoms with Gasteiger partial charge in [0.25, 0.3) is 0 Å². The summed E-state index contributed by atoms with van der Waals surface area (Å²) in [5, 5.41) is 20.7. The molecule has 5 aromatic heterocycles. The first kappa shape index (κ1) is 107. The zero-order chi connectivity index (χ0) is 104. The van der Waals surface area contributed by atoms with E-state index in [1.165, 1.54) is 61.2 Å². The van der Waals surface area contributed by atoms with E-state index in [1.54, 1.807) is 7.11 Å². The molecule has 0 saturated carbocycles. The van der Waals surface area contributed by atoms with Crippen LogP contribution < -0.4 is 31.3 Å². The molecule has 0 amide bonds. The summed E-state index contributed by atoms with van der Waals surface area (Å²) in [7, 11) is 1.64. The zero-order valence-electron chi connectivity index (χ0n) is 84.2. The predicted molar refractivity (Wildman–Crippen MR) is 610 cm³/mol. The molecule has 0 unspecified atom stereocenters. The molecule has 5 N–H and O–H groups in total. The van der Waals surface area contributed by atoms with Crippen molar-refractivity contribution < 1.29 is 4.74 Å². The number of para-hydroxylation sites is 1. The molecule has 0 aliphatic heterocycles. The van der Waals surface area contributed by atoms with Crippen LogP contribution in [0.2, 0.25) is 30.1 Å². The minimum atomic E-state index is 0.481. The van der Waals surface area contributed by atoms with Gasteiger partial charge in [0.1, 0.15) is 64.0 Å². The van der Waals surface area contributed by atoms with Crippen LogP contribution in [0.1, 0.15) is 153 Å². The summed E-state index contributed by atoms with van der Waals surface area (Å²) in [4.78, 5) is 70.3. The number of nitrogens with one attached hydrogen (secondary N) is 5. The lowest BCUT2D eigenvalue weighted by Gasteiger charge is -2.11. The van der Waals surface area contributed by atoms with Crippen LogP contribution in [0.4, 0.5) is 58.2 Å². The van der Waals surface area contributed by atoms with Crippen molar-refractivity contribution in [1.82, 2.24) is 74.8 Å². The van der Waals surface area contributed by atoms with Crippen LogP contribution >= 0.6 is 69.6 Å². The van der Waals surface area contributed by atoms with Gasteiger partial charge in [-0.25, -0.2) is 24.9 Å². The van der Waals surface area contributed by atoms with Crippen molar-refractivity contribution in [1.29, 1.82) is 0 Å². The lowest BCUT2D eigenvalue weighted by atomic mass is 10.0. The molecule has 150 heavy (non-hydrogen) atoms. The maximum Gasteiger partial charge on any atom is 0.230 e. The van der Waals surface area contributed by atoms with Crippen molar-refractivity contribution in [3.05, 3.63) is 553 Å². The lowest BCUT2D eigenvalue weighted by Crippen LogP contribution is -2.09. The molecule has 15 aromatic carbocycles. The number of nitrogens with zero attached hydrogens (tertiary/aromatic N) is 15. The highest BCUT2D eigenvalue weighted by atomic mass is 35.5. The normalized spacial score (nSPS) is 10.7. The summed E-state index contributed by atoms with van der Waals surface area (Å²) < 4.78 is 5.22. The van der Waals surface area contributed by atoms with Crippen LogP contribution in [-0.2, 0) is 64.2 Å². The van der Waals surface area contributed by atoms with Gasteiger partial charge < -0.3 is 31.3 Å². The fourth-order valence-corrected chi connectivity index (χ4v) is 17.4. The first-order valence-corrected chi connectivity index (χ1v) is 51.2. The minimum absolute atomic E-state index is 0.481. The summed E-state index contributed by atoms with van der Waals surface area (Å²) in [6.07, 6.45) is 6.06. The number of benzene rings is 15. The quantitative estimate of drug-likeness (QED) is 0.0270. The molecule has 0 spiro atoms. The average molecular weight is 2100 g/mol. The van der Waals surface area contributed by atoms with Gasteiger partial charge in [-0.1, -0.05) is 305 Å². The van der Waals surface area contributed by atoms with Crippen molar-refractivity contribution in [3.8, 4) is 5.75 Å². The van der Waals surface area contributed by atoms with Crippen LogP contribution in [-0.4, -0.2) is 81.9 Å². The number of aromatic nitrogens is 15. The van der Waals surface area contributed by atoms with Crippen molar-refractivity contribution >= 4 is 128 Å². The molecule has 750 valence electrons. The Morgan fingerprint density at radius 3 is 0.620 bits per heavy atom. The Morgan fingerprint density at radius 2 is 0.387 bits per heavy atom. The van der Waals surface area contributed by atoms with E-state index in [4.69, 9.17) is 109 Å². The largest absolute Gasteiger partial charge is 0.497 e. The van der Waals surface area contributed by atoms with Gasteiger partial charge in [-0.15, -0.1) is 0 Å². The Balaban J connectivity index is 0.000000133. The Kier molecular flexibility index (Phi) is 38.0. The third-order valence-corrected chi connectivity index (χ3v) is 25.3. The Hall–Kier alpha value is -16.1. The number of hydrogen-bond acceptors (Lipinski definition) is 21. The topological polar surface area (TPSA) is 263 Å². The summed E-state index contributed by atoms with van der Waals surface area (Å²) in [5.41, 5.74) is 24.4. The molecule has 5 heterocycles. The fourth-order valence-electron chi connectivity index (χ4n) is 16.1. The van der Waals surface area contributed by atoms with Crippen LogP contribution in [0.3, 0.4) is 0 Å². The first-order chi connectivity index (χ1) is 72.9. The molecule has 21 nitrogen and oxygen atoms in total. The number of methoxy groups -OCH3 is 1. The molecule has 0 saturated heterocycles. The average Bonchev–Trinajstić information content (AvgIpc) is 0.835. The van der Waals surface area contributed by atoms with Gasteiger partial charge in [0.15, 0.2) is 0 Å².